The number of hydrogen-bond donors (Lipinski definition) is 1. The average molecular weight is 344 g/mol. The molecule has 3 heterocycles. The summed E-state index contributed by atoms with van der Waals surface area (Å²) in [6.07, 6.45) is 4.56. The number of nitrogens with one attached hydrogen (secondary N) is 1. The zero-order chi connectivity index (χ0) is 16.8. The van der Waals surface area contributed by atoms with Gasteiger partial charge in [0.1, 0.15) is 0 Å². The fourth-order valence-corrected chi connectivity index (χ4v) is 3.69. The predicted octanol–water partition coefficient (Wildman–Crippen LogP) is 3.12. The molecule has 2 amide bonds. The third kappa shape index (κ3) is 4.55. The Kier molecular flexibility index (Phi) is 5.82. The van der Waals surface area contributed by atoms with Gasteiger partial charge in [0.2, 0.25) is 0 Å². The molecule has 2 aromatic heterocycles. The number of thiophene rings is 1. The van der Waals surface area contributed by atoms with Gasteiger partial charge in [0, 0.05) is 50.0 Å². The number of rotatable bonds is 4. The molecule has 0 bridgehead atoms. The van der Waals surface area contributed by atoms with E-state index in [0.29, 0.717) is 0 Å². The van der Waals surface area contributed by atoms with Crippen molar-refractivity contribution >= 4 is 17.4 Å². The molecule has 0 unspecified atom stereocenters. The van der Waals surface area contributed by atoms with Crippen LogP contribution in [0, 0.1) is 0 Å². The Balaban J connectivity index is 1.51. The number of amides is 2. The summed E-state index contributed by atoms with van der Waals surface area (Å²) in [6.45, 7) is 6.53. The Labute approximate surface area is 147 Å². The van der Waals surface area contributed by atoms with Crippen LogP contribution in [-0.4, -0.2) is 47.0 Å². The van der Waals surface area contributed by atoms with Crippen LogP contribution in [-0.2, 0) is 6.54 Å². The third-order valence-corrected chi connectivity index (χ3v) is 5.22. The second kappa shape index (κ2) is 8.26. The van der Waals surface area contributed by atoms with Crippen LogP contribution < -0.4 is 5.32 Å². The summed E-state index contributed by atoms with van der Waals surface area (Å²) in [5.74, 6) is 0. The summed E-state index contributed by atoms with van der Waals surface area (Å²) in [6, 6.07) is 8.14. The summed E-state index contributed by atoms with van der Waals surface area (Å²) in [5.41, 5.74) is 1.03. The van der Waals surface area contributed by atoms with Crippen molar-refractivity contribution in [3.05, 3.63) is 52.5 Å². The molecule has 1 fully saturated rings. The quantitative estimate of drug-likeness (QED) is 0.927. The van der Waals surface area contributed by atoms with E-state index < -0.39 is 0 Å². The SMILES string of the molecule is C[C@@H](NC(=O)N1CCCN(Cc2cccs2)CC1)c1cccnc1. The lowest BCUT2D eigenvalue weighted by atomic mass is 10.1. The lowest BCUT2D eigenvalue weighted by molar-refractivity contribution is 0.194. The van der Waals surface area contributed by atoms with E-state index in [0.717, 1.165) is 44.7 Å². The molecule has 5 nitrogen and oxygen atoms in total. The van der Waals surface area contributed by atoms with E-state index in [4.69, 9.17) is 0 Å². The molecule has 1 aliphatic heterocycles. The molecular weight excluding hydrogens is 320 g/mol. The van der Waals surface area contributed by atoms with Gasteiger partial charge < -0.3 is 10.2 Å². The topological polar surface area (TPSA) is 48.5 Å². The number of carbonyl (C=O) groups is 1. The number of aromatic nitrogens is 1. The summed E-state index contributed by atoms with van der Waals surface area (Å²) in [7, 11) is 0. The van der Waals surface area contributed by atoms with Crippen LogP contribution in [0.3, 0.4) is 0 Å². The van der Waals surface area contributed by atoms with E-state index in [1.807, 2.05) is 24.0 Å². The Morgan fingerprint density at radius 2 is 2.21 bits per heavy atom. The van der Waals surface area contributed by atoms with E-state index >= 15 is 0 Å². The monoisotopic (exact) mass is 344 g/mol. The summed E-state index contributed by atoms with van der Waals surface area (Å²) in [5, 5.41) is 5.20. The Morgan fingerprint density at radius 1 is 1.29 bits per heavy atom. The molecule has 128 valence electrons. The van der Waals surface area contributed by atoms with Gasteiger partial charge in [-0.05, 0) is 36.4 Å². The van der Waals surface area contributed by atoms with Crippen LogP contribution in [0.1, 0.15) is 29.8 Å². The zero-order valence-electron chi connectivity index (χ0n) is 14.0. The maximum Gasteiger partial charge on any atom is 0.317 e. The van der Waals surface area contributed by atoms with Gasteiger partial charge in [0.25, 0.3) is 0 Å². The maximum atomic E-state index is 12.5. The van der Waals surface area contributed by atoms with Gasteiger partial charge in [-0.3, -0.25) is 9.88 Å². The van der Waals surface area contributed by atoms with Gasteiger partial charge in [-0.1, -0.05) is 12.1 Å². The largest absolute Gasteiger partial charge is 0.331 e. The van der Waals surface area contributed by atoms with Gasteiger partial charge in [0.05, 0.1) is 6.04 Å². The number of nitrogens with zero attached hydrogens (tertiary/aromatic N) is 3. The number of urea groups is 1. The smallest absolute Gasteiger partial charge is 0.317 e. The summed E-state index contributed by atoms with van der Waals surface area (Å²) in [4.78, 5) is 22.4. The van der Waals surface area contributed by atoms with Crippen molar-refractivity contribution in [2.75, 3.05) is 26.2 Å². The minimum absolute atomic E-state index is 0.0179. The zero-order valence-corrected chi connectivity index (χ0v) is 14.8. The molecule has 0 radical (unpaired) electrons. The second-order valence-corrected chi connectivity index (χ2v) is 7.19. The predicted molar refractivity (Wildman–Crippen MR) is 97.0 cm³/mol. The van der Waals surface area contributed by atoms with E-state index in [2.05, 4.69) is 32.7 Å². The molecule has 1 aliphatic rings. The van der Waals surface area contributed by atoms with Crippen LogP contribution in [0.25, 0.3) is 0 Å². The van der Waals surface area contributed by atoms with Crippen molar-refractivity contribution in [1.82, 2.24) is 20.1 Å². The van der Waals surface area contributed by atoms with E-state index in [1.165, 1.54) is 4.88 Å². The van der Waals surface area contributed by atoms with Gasteiger partial charge >= 0.3 is 6.03 Å². The first-order chi connectivity index (χ1) is 11.7. The lowest BCUT2D eigenvalue weighted by Gasteiger charge is -2.24. The molecule has 6 heteroatoms. The van der Waals surface area contributed by atoms with Crippen molar-refractivity contribution in [3.8, 4) is 0 Å². The van der Waals surface area contributed by atoms with Crippen molar-refractivity contribution in [1.29, 1.82) is 0 Å². The van der Waals surface area contributed by atoms with Crippen molar-refractivity contribution in [3.63, 3.8) is 0 Å². The van der Waals surface area contributed by atoms with Gasteiger partial charge in [-0.2, -0.15) is 0 Å². The molecule has 24 heavy (non-hydrogen) atoms. The van der Waals surface area contributed by atoms with Crippen LogP contribution in [0.5, 0.6) is 0 Å². The lowest BCUT2D eigenvalue weighted by Crippen LogP contribution is -2.42. The Hall–Kier alpha value is -1.92. The number of hydrogen-bond acceptors (Lipinski definition) is 4. The molecule has 3 rings (SSSR count). The van der Waals surface area contributed by atoms with E-state index in [9.17, 15) is 4.79 Å². The molecular formula is C18H24N4OS. The molecule has 1 saturated heterocycles. The minimum Gasteiger partial charge on any atom is -0.331 e. The van der Waals surface area contributed by atoms with E-state index in [1.54, 1.807) is 23.7 Å². The fraction of sp³-hybridized carbons (Fsp3) is 0.444. The molecule has 1 N–H and O–H groups in total. The number of carbonyl (C=O) groups excluding carboxylic acids is 1. The summed E-state index contributed by atoms with van der Waals surface area (Å²) >= 11 is 1.80. The highest BCUT2D eigenvalue weighted by Crippen LogP contribution is 2.15. The van der Waals surface area contributed by atoms with Crippen LogP contribution in [0.2, 0.25) is 0 Å². The average Bonchev–Trinajstić information content (AvgIpc) is 2.99. The number of pyridine rings is 1. The standard InChI is InChI=1S/C18H24N4OS/c1-15(16-5-2-7-19-13-16)20-18(23)22-9-4-8-21(10-11-22)14-17-6-3-12-24-17/h2-3,5-7,12-13,15H,4,8-11,14H2,1H3,(H,20,23)/t15-/m1/s1. The summed E-state index contributed by atoms with van der Waals surface area (Å²) < 4.78 is 0. The molecule has 2 aromatic rings. The molecule has 0 aromatic carbocycles. The second-order valence-electron chi connectivity index (χ2n) is 6.15. The molecule has 1 atom stereocenters. The maximum absolute atomic E-state index is 12.5. The Morgan fingerprint density at radius 3 is 2.96 bits per heavy atom. The fourth-order valence-electron chi connectivity index (χ4n) is 2.95. The first-order valence-electron chi connectivity index (χ1n) is 8.42. The van der Waals surface area contributed by atoms with Crippen molar-refractivity contribution < 1.29 is 4.79 Å². The van der Waals surface area contributed by atoms with Gasteiger partial charge in [-0.15, -0.1) is 11.3 Å². The highest BCUT2D eigenvalue weighted by Gasteiger charge is 2.20. The minimum atomic E-state index is -0.0309. The molecule has 0 spiro atoms. The molecule has 0 aliphatic carbocycles. The highest BCUT2D eigenvalue weighted by atomic mass is 32.1. The van der Waals surface area contributed by atoms with Crippen LogP contribution >= 0.6 is 11.3 Å². The van der Waals surface area contributed by atoms with E-state index in [-0.39, 0.29) is 12.1 Å². The normalized spacial score (nSPS) is 17.3. The van der Waals surface area contributed by atoms with Gasteiger partial charge in [-0.25, -0.2) is 4.79 Å². The Bertz CT molecular complexity index is 632. The van der Waals surface area contributed by atoms with Crippen molar-refractivity contribution in [2.45, 2.75) is 25.9 Å². The first-order valence-corrected chi connectivity index (χ1v) is 9.30. The van der Waals surface area contributed by atoms with Gasteiger partial charge in [0.15, 0.2) is 0 Å². The van der Waals surface area contributed by atoms with Crippen LogP contribution in [0.15, 0.2) is 42.0 Å². The molecule has 0 saturated carbocycles. The first kappa shape index (κ1) is 16.9. The highest BCUT2D eigenvalue weighted by molar-refractivity contribution is 7.09. The van der Waals surface area contributed by atoms with Crippen molar-refractivity contribution in [2.24, 2.45) is 0 Å². The third-order valence-electron chi connectivity index (χ3n) is 4.36. The van der Waals surface area contributed by atoms with Crippen LogP contribution in [0.4, 0.5) is 4.79 Å².